The van der Waals surface area contributed by atoms with Crippen LogP contribution in [0.3, 0.4) is 0 Å². The Kier molecular flexibility index (Phi) is 8.94. The molecule has 0 radical (unpaired) electrons. The van der Waals surface area contributed by atoms with Gasteiger partial charge in [0, 0.05) is 30.3 Å². The van der Waals surface area contributed by atoms with Crippen LogP contribution in [0.5, 0.6) is 0 Å². The highest BCUT2D eigenvalue weighted by atomic mass is 15.1. The van der Waals surface area contributed by atoms with Gasteiger partial charge in [0.15, 0.2) is 0 Å². The molecule has 0 amide bonds. The molecule has 0 aliphatic rings. The molecule has 0 aliphatic carbocycles. The van der Waals surface area contributed by atoms with Crippen LogP contribution in [-0.2, 0) is 18.4 Å². The standard InChI is InChI=1S/C29H40N2/c1-4-6-7-8-15-20-27(28-30-21-23-31(28)22-5-2)29(3,26-18-13-10-14-19-26)24-25-16-11-9-12-17-25/h9-14,16-19,21,23,27H,4-8,15,20,22,24H2,1-3H3. The highest BCUT2D eigenvalue weighted by Crippen LogP contribution is 2.44. The number of hydrogen-bond acceptors (Lipinski definition) is 1. The van der Waals surface area contributed by atoms with E-state index in [2.05, 4.69) is 92.2 Å². The molecule has 31 heavy (non-hydrogen) atoms. The van der Waals surface area contributed by atoms with Crippen LogP contribution in [-0.4, -0.2) is 9.55 Å². The van der Waals surface area contributed by atoms with Gasteiger partial charge in [-0.3, -0.25) is 0 Å². The first kappa shape index (κ1) is 23.3. The maximum absolute atomic E-state index is 4.95. The Bertz CT molecular complexity index is 868. The van der Waals surface area contributed by atoms with Crippen LogP contribution in [0, 0.1) is 0 Å². The van der Waals surface area contributed by atoms with E-state index in [1.165, 1.54) is 55.5 Å². The lowest BCUT2D eigenvalue weighted by atomic mass is 9.66. The van der Waals surface area contributed by atoms with Gasteiger partial charge in [0.2, 0.25) is 0 Å². The first-order valence-electron chi connectivity index (χ1n) is 12.3. The summed E-state index contributed by atoms with van der Waals surface area (Å²) in [5.41, 5.74) is 2.81. The number of benzene rings is 2. The minimum Gasteiger partial charge on any atom is -0.335 e. The summed E-state index contributed by atoms with van der Waals surface area (Å²) in [6, 6.07) is 22.1. The van der Waals surface area contributed by atoms with Crippen molar-refractivity contribution in [3.8, 4) is 0 Å². The van der Waals surface area contributed by atoms with Crippen LogP contribution in [0.25, 0.3) is 0 Å². The van der Waals surface area contributed by atoms with Gasteiger partial charge in [0.1, 0.15) is 5.82 Å². The number of aryl methyl sites for hydroxylation is 1. The molecule has 3 rings (SSSR count). The Labute approximate surface area is 189 Å². The molecular formula is C29H40N2. The Hall–Kier alpha value is -2.35. The van der Waals surface area contributed by atoms with Crippen molar-refractivity contribution in [2.75, 3.05) is 0 Å². The van der Waals surface area contributed by atoms with Crippen molar-refractivity contribution < 1.29 is 0 Å². The highest BCUT2D eigenvalue weighted by Gasteiger charge is 2.39. The summed E-state index contributed by atoms with van der Waals surface area (Å²) in [5, 5.41) is 0. The first-order valence-corrected chi connectivity index (χ1v) is 12.3. The average Bonchev–Trinajstić information content (AvgIpc) is 3.25. The average molecular weight is 417 g/mol. The third-order valence-electron chi connectivity index (χ3n) is 6.74. The second-order valence-electron chi connectivity index (χ2n) is 9.18. The van der Waals surface area contributed by atoms with Crippen molar-refractivity contribution in [1.29, 1.82) is 0 Å². The molecule has 0 bridgehead atoms. The summed E-state index contributed by atoms with van der Waals surface area (Å²) < 4.78 is 2.41. The van der Waals surface area contributed by atoms with E-state index in [-0.39, 0.29) is 5.41 Å². The van der Waals surface area contributed by atoms with Gasteiger partial charge in [-0.15, -0.1) is 0 Å². The van der Waals surface area contributed by atoms with Crippen LogP contribution < -0.4 is 0 Å². The summed E-state index contributed by atoms with van der Waals surface area (Å²) in [6.45, 7) is 8.05. The maximum Gasteiger partial charge on any atom is 0.112 e. The Morgan fingerprint density at radius 3 is 2.19 bits per heavy atom. The minimum absolute atomic E-state index is 0.00971. The molecule has 166 valence electrons. The second-order valence-corrected chi connectivity index (χ2v) is 9.18. The fraction of sp³-hybridized carbons (Fsp3) is 0.483. The smallest absolute Gasteiger partial charge is 0.112 e. The molecule has 2 nitrogen and oxygen atoms in total. The molecule has 1 heterocycles. The van der Waals surface area contributed by atoms with Crippen LogP contribution in [0.2, 0.25) is 0 Å². The van der Waals surface area contributed by atoms with E-state index in [1.54, 1.807) is 0 Å². The predicted molar refractivity (Wildman–Crippen MR) is 133 cm³/mol. The van der Waals surface area contributed by atoms with Gasteiger partial charge in [-0.25, -0.2) is 4.98 Å². The van der Waals surface area contributed by atoms with Gasteiger partial charge in [0.05, 0.1) is 0 Å². The van der Waals surface area contributed by atoms with E-state index in [0.29, 0.717) is 5.92 Å². The molecule has 0 N–H and O–H groups in total. The third kappa shape index (κ3) is 6.09. The van der Waals surface area contributed by atoms with E-state index in [0.717, 1.165) is 19.4 Å². The van der Waals surface area contributed by atoms with Crippen molar-refractivity contribution in [3.05, 3.63) is 90.0 Å². The van der Waals surface area contributed by atoms with Gasteiger partial charge < -0.3 is 4.57 Å². The lowest BCUT2D eigenvalue weighted by Crippen LogP contribution is -2.35. The third-order valence-corrected chi connectivity index (χ3v) is 6.74. The Morgan fingerprint density at radius 2 is 1.52 bits per heavy atom. The fourth-order valence-corrected chi connectivity index (χ4v) is 5.01. The Balaban J connectivity index is 2.00. The number of nitrogens with zero attached hydrogens (tertiary/aromatic N) is 2. The molecule has 2 aromatic carbocycles. The highest BCUT2D eigenvalue weighted by molar-refractivity contribution is 5.33. The van der Waals surface area contributed by atoms with Crippen molar-refractivity contribution >= 4 is 0 Å². The second kappa shape index (κ2) is 11.9. The van der Waals surface area contributed by atoms with Crippen molar-refractivity contribution in [2.24, 2.45) is 0 Å². The molecule has 2 heteroatoms. The van der Waals surface area contributed by atoms with E-state index in [4.69, 9.17) is 4.98 Å². The van der Waals surface area contributed by atoms with Crippen LogP contribution in [0.4, 0.5) is 0 Å². The molecule has 0 fully saturated rings. The van der Waals surface area contributed by atoms with Gasteiger partial charge >= 0.3 is 0 Å². The van der Waals surface area contributed by atoms with Gasteiger partial charge in [0.25, 0.3) is 0 Å². The lowest BCUT2D eigenvalue weighted by Gasteiger charge is -2.39. The number of aromatic nitrogens is 2. The SMILES string of the molecule is CCCCCCCC(c1nccn1CCC)C(C)(Cc1ccccc1)c1ccccc1. The van der Waals surface area contributed by atoms with E-state index < -0.39 is 0 Å². The van der Waals surface area contributed by atoms with Gasteiger partial charge in [-0.05, 0) is 30.4 Å². The zero-order valence-corrected chi connectivity index (χ0v) is 19.8. The molecule has 0 saturated heterocycles. The molecular weight excluding hydrogens is 376 g/mol. The topological polar surface area (TPSA) is 17.8 Å². The molecule has 3 aromatic rings. The molecule has 0 spiro atoms. The lowest BCUT2D eigenvalue weighted by molar-refractivity contribution is 0.322. The van der Waals surface area contributed by atoms with Gasteiger partial charge in [-0.2, -0.15) is 0 Å². The summed E-state index contributed by atoms with van der Waals surface area (Å²) in [4.78, 5) is 4.95. The number of hydrogen-bond donors (Lipinski definition) is 0. The van der Waals surface area contributed by atoms with Crippen molar-refractivity contribution in [1.82, 2.24) is 9.55 Å². The number of unbranched alkanes of at least 4 members (excludes halogenated alkanes) is 4. The minimum atomic E-state index is -0.00971. The zero-order chi connectivity index (χ0) is 21.9. The van der Waals surface area contributed by atoms with Gasteiger partial charge in [-0.1, -0.05) is 114 Å². The maximum atomic E-state index is 4.95. The molecule has 0 saturated carbocycles. The van der Waals surface area contributed by atoms with Crippen molar-refractivity contribution in [2.45, 2.75) is 90.0 Å². The summed E-state index contributed by atoms with van der Waals surface area (Å²) in [7, 11) is 0. The largest absolute Gasteiger partial charge is 0.335 e. The summed E-state index contributed by atoms with van der Waals surface area (Å²) in [6.07, 6.45) is 14.1. The number of rotatable bonds is 13. The summed E-state index contributed by atoms with van der Waals surface area (Å²) in [5.74, 6) is 1.65. The van der Waals surface area contributed by atoms with E-state index >= 15 is 0 Å². The van der Waals surface area contributed by atoms with Crippen LogP contribution in [0.15, 0.2) is 73.1 Å². The first-order chi connectivity index (χ1) is 15.2. The van der Waals surface area contributed by atoms with E-state index in [1.807, 2.05) is 6.20 Å². The molecule has 0 aliphatic heterocycles. The van der Waals surface area contributed by atoms with E-state index in [9.17, 15) is 0 Å². The van der Waals surface area contributed by atoms with Crippen LogP contribution in [0.1, 0.15) is 88.6 Å². The van der Waals surface area contributed by atoms with Crippen molar-refractivity contribution in [3.63, 3.8) is 0 Å². The zero-order valence-electron chi connectivity index (χ0n) is 19.8. The van der Waals surface area contributed by atoms with Crippen LogP contribution >= 0.6 is 0 Å². The molecule has 1 aromatic heterocycles. The summed E-state index contributed by atoms with van der Waals surface area (Å²) >= 11 is 0. The monoisotopic (exact) mass is 416 g/mol. The Morgan fingerprint density at radius 1 is 0.839 bits per heavy atom. The quantitative estimate of drug-likeness (QED) is 0.259. The predicted octanol–water partition coefficient (Wildman–Crippen LogP) is 7.94. The normalized spacial score (nSPS) is 14.3. The molecule has 2 atom stereocenters. The fourth-order valence-electron chi connectivity index (χ4n) is 5.01. The number of imidazole rings is 1. The molecule has 2 unspecified atom stereocenters.